The molecule has 1 aliphatic rings. The largest absolute Gasteiger partial charge is 0.322 e. The Morgan fingerprint density at radius 1 is 1.50 bits per heavy atom. The molecule has 2 N–H and O–H groups in total. The van der Waals surface area contributed by atoms with E-state index in [2.05, 4.69) is 9.97 Å². The van der Waals surface area contributed by atoms with Gasteiger partial charge in [0.25, 0.3) is 0 Å². The predicted octanol–water partition coefficient (Wildman–Crippen LogP) is 2.10. The summed E-state index contributed by atoms with van der Waals surface area (Å²) < 4.78 is 1.19. The zero-order valence-electron chi connectivity index (χ0n) is 7.68. The van der Waals surface area contributed by atoms with E-state index in [1.54, 1.807) is 23.7 Å². The van der Waals surface area contributed by atoms with E-state index in [1.165, 1.54) is 17.5 Å². The third kappa shape index (κ3) is 1.31. The molecule has 4 heteroatoms. The summed E-state index contributed by atoms with van der Waals surface area (Å²) in [5.41, 5.74) is 7.07. The Balaban J connectivity index is 2.04. The molecule has 1 fully saturated rings. The average Bonchev–Trinajstić information content (AvgIpc) is 2.95. The summed E-state index contributed by atoms with van der Waals surface area (Å²) in [6, 6.07) is 2.14. The molecule has 0 saturated heterocycles. The third-order valence-electron chi connectivity index (χ3n) is 2.62. The minimum absolute atomic E-state index is 0.146. The van der Waals surface area contributed by atoms with Gasteiger partial charge in [-0.1, -0.05) is 0 Å². The molecule has 72 valence electrons. The highest BCUT2D eigenvalue weighted by molar-refractivity contribution is 7.18. The van der Waals surface area contributed by atoms with Crippen LogP contribution in [0.5, 0.6) is 0 Å². The Morgan fingerprint density at radius 3 is 3.07 bits per heavy atom. The van der Waals surface area contributed by atoms with Crippen LogP contribution in [0.3, 0.4) is 0 Å². The van der Waals surface area contributed by atoms with E-state index in [9.17, 15) is 0 Å². The van der Waals surface area contributed by atoms with Crippen molar-refractivity contribution in [2.75, 3.05) is 0 Å². The summed E-state index contributed by atoms with van der Waals surface area (Å²) in [7, 11) is 0. The van der Waals surface area contributed by atoms with Crippen LogP contribution in [0.2, 0.25) is 0 Å². The topological polar surface area (TPSA) is 51.8 Å². The first-order valence-corrected chi connectivity index (χ1v) is 5.62. The lowest BCUT2D eigenvalue weighted by atomic mass is 10.2. The smallest absolute Gasteiger partial charge is 0.111 e. The molecule has 3 nitrogen and oxygen atoms in total. The van der Waals surface area contributed by atoms with Gasteiger partial charge in [0.2, 0.25) is 0 Å². The van der Waals surface area contributed by atoms with Gasteiger partial charge in [-0.3, -0.25) is 4.98 Å². The number of thiazole rings is 1. The summed E-state index contributed by atoms with van der Waals surface area (Å²) in [5.74, 6) is 0.670. The van der Waals surface area contributed by atoms with Gasteiger partial charge < -0.3 is 5.73 Å². The molecular formula is C10H11N3S. The Morgan fingerprint density at radius 2 is 2.36 bits per heavy atom. The van der Waals surface area contributed by atoms with E-state index >= 15 is 0 Å². The van der Waals surface area contributed by atoms with Gasteiger partial charge in [-0.25, -0.2) is 4.98 Å². The summed E-state index contributed by atoms with van der Waals surface area (Å²) in [6.45, 7) is 0. The van der Waals surface area contributed by atoms with E-state index in [0.717, 1.165) is 10.5 Å². The van der Waals surface area contributed by atoms with Crippen molar-refractivity contribution in [1.82, 2.24) is 9.97 Å². The molecule has 2 aromatic heterocycles. The molecule has 0 aliphatic heterocycles. The maximum Gasteiger partial charge on any atom is 0.111 e. The van der Waals surface area contributed by atoms with Crippen molar-refractivity contribution in [3.63, 3.8) is 0 Å². The van der Waals surface area contributed by atoms with E-state index in [1.807, 2.05) is 6.07 Å². The van der Waals surface area contributed by atoms with Crippen LogP contribution in [0, 0.1) is 5.92 Å². The monoisotopic (exact) mass is 205 g/mol. The van der Waals surface area contributed by atoms with Crippen LogP contribution < -0.4 is 5.73 Å². The van der Waals surface area contributed by atoms with Gasteiger partial charge in [-0.15, -0.1) is 11.3 Å². The summed E-state index contributed by atoms with van der Waals surface area (Å²) in [6.07, 6.45) is 6.12. The molecule has 0 aromatic carbocycles. The van der Waals surface area contributed by atoms with Gasteiger partial charge in [-0.2, -0.15) is 0 Å². The fourth-order valence-corrected chi connectivity index (χ4v) is 2.63. The Hall–Kier alpha value is -1.00. The average molecular weight is 205 g/mol. The molecule has 0 bridgehead atoms. The van der Waals surface area contributed by atoms with Gasteiger partial charge in [0, 0.05) is 6.20 Å². The fraction of sp³-hybridized carbons (Fsp3) is 0.400. The molecule has 14 heavy (non-hydrogen) atoms. The zero-order valence-corrected chi connectivity index (χ0v) is 8.50. The second-order valence-electron chi connectivity index (χ2n) is 3.76. The first-order valence-electron chi connectivity index (χ1n) is 4.80. The zero-order chi connectivity index (χ0) is 9.54. The maximum absolute atomic E-state index is 6.09. The second kappa shape index (κ2) is 3.00. The van der Waals surface area contributed by atoms with Gasteiger partial charge in [0.15, 0.2) is 0 Å². The van der Waals surface area contributed by atoms with Crippen LogP contribution >= 0.6 is 11.3 Å². The summed E-state index contributed by atoms with van der Waals surface area (Å²) >= 11 is 1.70. The molecule has 2 heterocycles. The number of nitrogens with zero attached hydrogens (tertiary/aromatic N) is 2. The molecule has 0 amide bonds. The van der Waals surface area contributed by atoms with E-state index in [0.29, 0.717) is 5.92 Å². The van der Waals surface area contributed by atoms with Crippen LogP contribution in [-0.4, -0.2) is 9.97 Å². The number of aromatic nitrogens is 2. The van der Waals surface area contributed by atoms with Gasteiger partial charge in [-0.05, 0) is 24.8 Å². The Bertz CT molecular complexity index is 428. The van der Waals surface area contributed by atoms with Gasteiger partial charge >= 0.3 is 0 Å². The molecule has 1 saturated carbocycles. The highest BCUT2D eigenvalue weighted by Crippen LogP contribution is 2.41. The van der Waals surface area contributed by atoms with Gasteiger partial charge in [0.05, 0.1) is 22.5 Å². The van der Waals surface area contributed by atoms with Gasteiger partial charge in [0.1, 0.15) is 5.01 Å². The maximum atomic E-state index is 6.09. The van der Waals surface area contributed by atoms with Crippen molar-refractivity contribution >= 4 is 21.6 Å². The number of rotatable bonds is 2. The third-order valence-corrected chi connectivity index (χ3v) is 3.76. The summed E-state index contributed by atoms with van der Waals surface area (Å²) in [4.78, 5) is 8.55. The normalized spacial score (nSPS) is 18.6. The van der Waals surface area contributed by atoms with Crippen molar-refractivity contribution in [3.8, 4) is 0 Å². The lowest BCUT2D eigenvalue weighted by molar-refractivity contribution is 0.630. The predicted molar refractivity (Wildman–Crippen MR) is 57.1 cm³/mol. The molecule has 1 atom stereocenters. The second-order valence-corrected chi connectivity index (χ2v) is 4.82. The fourth-order valence-electron chi connectivity index (χ4n) is 1.60. The van der Waals surface area contributed by atoms with Crippen molar-refractivity contribution in [2.45, 2.75) is 18.9 Å². The van der Waals surface area contributed by atoms with Crippen molar-refractivity contribution in [1.29, 1.82) is 0 Å². The minimum atomic E-state index is 0.146. The lowest BCUT2D eigenvalue weighted by Crippen LogP contribution is -2.11. The van der Waals surface area contributed by atoms with E-state index in [-0.39, 0.29) is 6.04 Å². The number of hydrogen-bond acceptors (Lipinski definition) is 4. The van der Waals surface area contributed by atoms with Crippen LogP contribution in [0.25, 0.3) is 10.2 Å². The van der Waals surface area contributed by atoms with Crippen LogP contribution in [0.1, 0.15) is 23.9 Å². The Labute approximate surface area is 86.0 Å². The van der Waals surface area contributed by atoms with Crippen LogP contribution in [0.4, 0.5) is 0 Å². The standard InChI is InChI=1S/C10H11N3S/c11-9(6-1-2-6)10-13-7-5-12-4-3-8(7)14-10/h3-6,9H,1-2,11H2. The number of fused-ring (bicyclic) bond motifs is 1. The van der Waals surface area contributed by atoms with Crippen molar-refractivity contribution < 1.29 is 0 Å². The quantitative estimate of drug-likeness (QED) is 0.816. The minimum Gasteiger partial charge on any atom is -0.322 e. The summed E-state index contributed by atoms with van der Waals surface area (Å²) in [5, 5.41) is 1.07. The van der Waals surface area contributed by atoms with Crippen molar-refractivity contribution in [3.05, 3.63) is 23.5 Å². The molecule has 0 spiro atoms. The van der Waals surface area contributed by atoms with Crippen LogP contribution in [-0.2, 0) is 0 Å². The van der Waals surface area contributed by atoms with Crippen molar-refractivity contribution in [2.24, 2.45) is 11.7 Å². The Kier molecular flexibility index (Phi) is 1.78. The first-order chi connectivity index (χ1) is 6.84. The first kappa shape index (κ1) is 8.32. The molecule has 1 unspecified atom stereocenters. The van der Waals surface area contributed by atoms with E-state index in [4.69, 9.17) is 5.73 Å². The molecule has 1 aliphatic carbocycles. The highest BCUT2D eigenvalue weighted by Gasteiger charge is 2.31. The SMILES string of the molecule is NC(c1nc2cnccc2s1)C1CC1. The number of hydrogen-bond donors (Lipinski definition) is 1. The molecule has 3 rings (SSSR count). The molecular weight excluding hydrogens is 194 g/mol. The lowest BCUT2D eigenvalue weighted by Gasteiger charge is -2.03. The van der Waals surface area contributed by atoms with Crippen LogP contribution in [0.15, 0.2) is 18.5 Å². The van der Waals surface area contributed by atoms with E-state index < -0.39 is 0 Å². The molecule has 0 radical (unpaired) electrons. The number of pyridine rings is 1. The number of nitrogens with two attached hydrogens (primary N) is 1. The highest BCUT2D eigenvalue weighted by atomic mass is 32.1. The molecule has 2 aromatic rings.